The fraction of sp³-hybridized carbons (Fsp3) is 0.647. The van der Waals surface area contributed by atoms with Crippen LogP contribution in [0.3, 0.4) is 0 Å². The molecule has 2 rings (SSSR count). The highest BCUT2D eigenvalue weighted by atomic mass is 32.2. The molecule has 1 atom stereocenters. The Labute approximate surface area is 147 Å². The van der Waals surface area contributed by atoms with E-state index in [4.69, 9.17) is 0 Å². The number of nitrogens with zero attached hydrogens (tertiary/aromatic N) is 1. The number of halogens is 3. The number of hydrogen-bond acceptors (Lipinski definition) is 3. The van der Waals surface area contributed by atoms with Crippen molar-refractivity contribution in [3.8, 4) is 0 Å². The molecular formula is C17H25F3N2O2S. The van der Waals surface area contributed by atoms with E-state index in [-0.39, 0.29) is 18.2 Å². The predicted molar refractivity (Wildman–Crippen MR) is 91.5 cm³/mol. The van der Waals surface area contributed by atoms with Crippen LogP contribution < -0.4 is 4.72 Å². The third-order valence-electron chi connectivity index (χ3n) is 4.65. The van der Waals surface area contributed by atoms with Gasteiger partial charge in [-0.2, -0.15) is 13.2 Å². The monoisotopic (exact) mass is 378 g/mol. The first-order valence-corrected chi connectivity index (χ1v) is 10.1. The quantitative estimate of drug-likeness (QED) is 0.827. The molecular weight excluding hydrogens is 353 g/mol. The van der Waals surface area contributed by atoms with Gasteiger partial charge in [0.2, 0.25) is 10.0 Å². The van der Waals surface area contributed by atoms with Gasteiger partial charge >= 0.3 is 6.18 Å². The molecule has 0 spiro atoms. The SMILES string of the molecule is CC1CCN(C(C)CNS(=O)(=O)Cc2cccc(C(F)(F)F)c2)CC1. The number of rotatable bonds is 6. The Balaban J connectivity index is 1.91. The van der Waals surface area contributed by atoms with Gasteiger partial charge in [0.25, 0.3) is 0 Å². The van der Waals surface area contributed by atoms with E-state index in [1.807, 2.05) is 6.92 Å². The Morgan fingerprint density at radius 3 is 2.52 bits per heavy atom. The Kier molecular flexibility index (Phi) is 6.51. The van der Waals surface area contributed by atoms with Gasteiger partial charge in [-0.05, 0) is 50.4 Å². The average Bonchev–Trinajstić information content (AvgIpc) is 2.52. The van der Waals surface area contributed by atoms with Crippen LogP contribution in [0.2, 0.25) is 0 Å². The van der Waals surface area contributed by atoms with Crippen molar-refractivity contribution in [2.45, 2.75) is 44.7 Å². The summed E-state index contributed by atoms with van der Waals surface area (Å²) < 4.78 is 65.1. The van der Waals surface area contributed by atoms with E-state index < -0.39 is 27.5 Å². The van der Waals surface area contributed by atoms with E-state index in [1.165, 1.54) is 12.1 Å². The van der Waals surface area contributed by atoms with Crippen LogP contribution in [0.1, 0.15) is 37.8 Å². The smallest absolute Gasteiger partial charge is 0.299 e. The van der Waals surface area contributed by atoms with Crippen molar-refractivity contribution >= 4 is 10.0 Å². The van der Waals surface area contributed by atoms with E-state index in [0.29, 0.717) is 5.92 Å². The minimum atomic E-state index is -4.48. The minimum absolute atomic E-state index is 0.0591. The molecule has 4 nitrogen and oxygen atoms in total. The van der Waals surface area contributed by atoms with Gasteiger partial charge in [0.15, 0.2) is 0 Å². The maximum absolute atomic E-state index is 12.7. The molecule has 0 radical (unpaired) electrons. The summed E-state index contributed by atoms with van der Waals surface area (Å²) >= 11 is 0. The first kappa shape index (κ1) is 20.2. The van der Waals surface area contributed by atoms with Crippen LogP contribution in [0.5, 0.6) is 0 Å². The second-order valence-electron chi connectivity index (χ2n) is 6.87. The molecule has 1 saturated heterocycles. The number of alkyl halides is 3. The lowest BCUT2D eigenvalue weighted by Crippen LogP contribution is -2.45. The molecule has 142 valence electrons. The molecule has 25 heavy (non-hydrogen) atoms. The van der Waals surface area contributed by atoms with Crippen molar-refractivity contribution in [2.75, 3.05) is 19.6 Å². The van der Waals surface area contributed by atoms with Crippen molar-refractivity contribution in [1.82, 2.24) is 9.62 Å². The third kappa shape index (κ3) is 6.27. The predicted octanol–water partition coefficient (Wildman–Crippen LogP) is 3.25. The molecule has 1 aliphatic rings. The second kappa shape index (κ2) is 8.05. The summed E-state index contributed by atoms with van der Waals surface area (Å²) in [5.41, 5.74) is -0.710. The van der Waals surface area contributed by atoms with Crippen LogP contribution in [0.4, 0.5) is 13.2 Å². The number of piperidine rings is 1. The first-order chi connectivity index (χ1) is 11.6. The van der Waals surface area contributed by atoms with Gasteiger partial charge in [0.1, 0.15) is 0 Å². The van der Waals surface area contributed by atoms with Gasteiger partial charge in [-0.15, -0.1) is 0 Å². The molecule has 1 fully saturated rings. The van der Waals surface area contributed by atoms with Crippen LogP contribution in [0.15, 0.2) is 24.3 Å². The highest BCUT2D eigenvalue weighted by Gasteiger charge is 2.30. The molecule has 0 aliphatic carbocycles. The summed E-state index contributed by atoms with van der Waals surface area (Å²) in [6.45, 7) is 6.31. The molecule has 1 aromatic carbocycles. The Bertz CT molecular complexity index is 669. The maximum atomic E-state index is 12.7. The van der Waals surface area contributed by atoms with Gasteiger partial charge in [-0.3, -0.25) is 4.90 Å². The Hall–Kier alpha value is -1.12. The molecule has 1 aliphatic heterocycles. The molecule has 1 heterocycles. The van der Waals surface area contributed by atoms with Gasteiger partial charge < -0.3 is 0 Å². The molecule has 0 amide bonds. The number of benzene rings is 1. The summed E-state index contributed by atoms with van der Waals surface area (Å²) in [5.74, 6) is 0.238. The highest BCUT2D eigenvalue weighted by Crippen LogP contribution is 2.29. The average molecular weight is 378 g/mol. The zero-order valence-electron chi connectivity index (χ0n) is 14.5. The van der Waals surface area contributed by atoms with Crippen LogP contribution in [0, 0.1) is 5.92 Å². The Morgan fingerprint density at radius 2 is 1.92 bits per heavy atom. The van der Waals surface area contributed by atoms with Crippen molar-refractivity contribution in [2.24, 2.45) is 5.92 Å². The summed E-state index contributed by atoms with van der Waals surface area (Å²) in [7, 11) is -3.69. The standard InChI is InChI=1S/C17H25F3N2O2S/c1-13-6-8-22(9-7-13)14(2)11-21-25(23,24)12-15-4-3-5-16(10-15)17(18,19)20/h3-5,10,13-14,21H,6-9,11-12H2,1-2H3. The molecule has 1 aromatic rings. The normalized spacial score (nSPS) is 19.1. The Morgan fingerprint density at radius 1 is 1.28 bits per heavy atom. The van der Waals surface area contributed by atoms with Gasteiger partial charge in [0, 0.05) is 12.6 Å². The lowest BCUT2D eigenvalue weighted by atomic mass is 9.98. The molecule has 0 aromatic heterocycles. The summed E-state index contributed by atoms with van der Waals surface area (Å²) in [5, 5.41) is 0. The van der Waals surface area contributed by atoms with Crippen molar-refractivity contribution in [3.63, 3.8) is 0 Å². The van der Waals surface area contributed by atoms with Crippen LogP contribution in [-0.2, 0) is 22.0 Å². The number of sulfonamides is 1. The summed E-state index contributed by atoms with van der Waals surface area (Å²) in [6, 6.07) is 4.50. The lowest BCUT2D eigenvalue weighted by molar-refractivity contribution is -0.137. The fourth-order valence-electron chi connectivity index (χ4n) is 2.95. The van der Waals surface area contributed by atoms with E-state index >= 15 is 0 Å². The van der Waals surface area contributed by atoms with E-state index in [0.717, 1.165) is 38.1 Å². The number of nitrogens with one attached hydrogen (secondary N) is 1. The fourth-order valence-corrected chi connectivity index (χ4v) is 4.17. The summed E-state index contributed by atoms with van der Waals surface area (Å²) in [6.07, 6.45) is -2.28. The van der Waals surface area contributed by atoms with E-state index in [2.05, 4.69) is 16.5 Å². The van der Waals surface area contributed by atoms with Gasteiger partial charge in [-0.25, -0.2) is 13.1 Å². The zero-order chi connectivity index (χ0) is 18.7. The molecule has 0 bridgehead atoms. The van der Waals surface area contributed by atoms with Gasteiger partial charge in [-0.1, -0.05) is 25.1 Å². The zero-order valence-corrected chi connectivity index (χ0v) is 15.3. The van der Waals surface area contributed by atoms with E-state index in [9.17, 15) is 21.6 Å². The van der Waals surface area contributed by atoms with Crippen LogP contribution >= 0.6 is 0 Å². The second-order valence-corrected chi connectivity index (χ2v) is 8.68. The molecule has 1 unspecified atom stereocenters. The summed E-state index contributed by atoms with van der Waals surface area (Å²) in [4.78, 5) is 2.24. The van der Waals surface area contributed by atoms with Crippen LogP contribution in [-0.4, -0.2) is 39.0 Å². The first-order valence-electron chi connectivity index (χ1n) is 8.44. The van der Waals surface area contributed by atoms with E-state index in [1.54, 1.807) is 0 Å². The van der Waals surface area contributed by atoms with Crippen LogP contribution in [0.25, 0.3) is 0 Å². The topological polar surface area (TPSA) is 49.4 Å². The minimum Gasteiger partial charge on any atom is -0.299 e. The maximum Gasteiger partial charge on any atom is 0.416 e. The van der Waals surface area contributed by atoms with Crippen molar-refractivity contribution in [3.05, 3.63) is 35.4 Å². The molecule has 0 saturated carbocycles. The number of likely N-dealkylation sites (tertiary alicyclic amines) is 1. The van der Waals surface area contributed by atoms with Crippen molar-refractivity contribution in [1.29, 1.82) is 0 Å². The molecule has 1 N–H and O–H groups in total. The van der Waals surface area contributed by atoms with Crippen molar-refractivity contribution < 1.29 is 21.6 Å². The highest BCUT2D eigenvalue weighted by molar-refractivity contribution is 7.88. The third-order valence-corrected chi connectivity index (χ3v) is 5.97. The van der Waals surface area contributed by atoms with Gasteiger partial charge in [0.05, 0.1) is 11.3 Å². The largest absolute Gasteiger partial charge is 0.416 e. The molecule has 8 heteroatoms. The number of hydrogen-bond donors (Lipinski definition) is 1. The lowest BCUT2D eigenvalue weighted by Gasteiger charge is -2.34.